The molecule has 1 rings (SSSR count). The van der Waals surface area contributed by atoms with Crippen molar-refractivity contribution in [2.45, 2.75) is 38.6 Å². The molecule has 1 aliphatic rings. The van der Waals surface area contributed by atoms with Crippen molar-refractivity contribution in [3.63, 3.8) is 0 Å². The molecule has 0 bridgehead atoms. The monoisotopic (exact) mass is 227 g/mol. The molecule has 1 saturated heterocycles. The normalized spacial score (nSPS) is 24.9. The first-order valence-electron chi connectivity index (χ1n) is 6.72. The van der Waals surface area contributed by atoms with Crippen LogP contribution in [-0.4, -0.2) is 56.1 Å². The first kappa shape index (κ1) is 13.9. The van der Waals surface area contributed by atoms with Crippen LogP contribution in [0.2, 0.25) is 0 Å². The quantitative estimate of drug-likeness (QED) is 0.744. The fourth-order valence-electron chi connectivity index (χ4n) is 2.58. The van der Waals surface area contributed by atoms with Crippen molar-refractivity contribution >= 4 is 0 Å². The van der Waals surface area contributed by atoms with Crippen LogP contribution in [-0.2, 0) is 0 Å². The molecular weight excluding hydrogens is 198 g/mol. The van der Waals surface area contributed by atoms with Gasteiger partial charge in [0.15, 0.2) is 0 Å². The third-order valence-electron chi connectivity index (χ3n) is 3.95. The minimum atomic E-state index is 0.631. The predicted molar refractivity (Wildman–Crippen MR) is 70.6 cm³/mol. The summed E-state index contributed by atoms with van der Waals surface area (Å²) in [5, 5.41) is 0. The molecule has 1 fully saturated rings. The van der Waals surface area contributed by atoms with Gasteiger partial charge in [0.1, 0.15) is 0 Å². The Morgan fingerprint density at radius 1 is 1.50 bits per heavy atom. The first-order valence-corrected chi connectivity index (χ1v) is 6.72. The zero-order valence-corrected chi connectivity index (χ0v) is 11.3. The SMILES string of the molecule is CC(CCN)N(C)CCC1CCCN(C)C1. The molecule has 2 unspecified atom stereocenters. The molecular formula is C13H29N3. The molecule has 0 radical (unpaired) electrons. The zero-order chi connectivity index (χ0) is 12.0. The van der Waals surface area contributed by atoms with Crippen LogP contribution in [0.3, 0.4) is 0 Å². The summed E-state index contributed by atoms with van der Waals surface area (Å²) in [5.74, 6) is 0.909. The van der Waals surface area contributed by atoms with E-state index in [9.17, 15) is 0 Å². The lowest BCUT2D eigenvalue weighted by Crippen LogP contribution is -2.36. The van der Waals surface area contributed by atoms with E-state index in [2.05, 4.69) is 30.8 Å². The molecule has 3 nitrogen and oxygen atoms in total. The lowest BCUT2D eigenvalue weighted by atomic mass is 9.95. The summed E-state index contributed by atoms with van der Waals surface area (Å²) in [6, 6.07) is 0.631. The summed E-state index contributed by atoms with van der Waals surface area (Å²) in [4.78, 5) is 4.93. The van der Waals surface area contributed by atoms with Gasteiger partial charge in [0.05, 0.1) is 0 Å². The number of nitrogens with two attached hydrogens (primary N) is 1. The maximum atomic E-state index is 5.59. The fourth-order valence-corrected chi connectivity index (χ4v) is 2.58. The van der Waals surface area contributed by atoms with Crippen LogP contribution >= 0.6 is 0 Å². The number of hydrogen-bond acceptors (Lipinski definition) is 3. The van der Waals surface area contributed by atoms with E-state index in [0.29, 0.717) is 6.04 Å². The largest absolute Gasteiger partial charge is 0.330 e. The van der Waals surface area contributed by atoms with Crippen LogP contribution < -0.4 is 5.73 Å². The van der Waals surface area contributed by atoms with Gasteiger partial charge in [-0.1, -0.05) is 0 Å². The number of rotatable bonds is 6. The highest BCUT2D eigenvalue weighted by Crippen LogP contribution is 2.19. The lowest BCUT2D eigenvalue weighted by Gasteiger charge is -2.32. The van der Waals surface area contributed by atoms with Crippen LogP contribution in [0.1, 0.15) is 32.6 Å². The van der Waals surface area contributed by atoms with Gasteiger partial charge in [0, 0.05) is 12.6 Å². The van der Waals surface area contributed by atoms with Gasteiger partial charge in [-0.05, 0) is 72.3 Å². The standard InChI is InChI=1S/C13H29N3/c1-12(6-8-14)16(3)10-7-13-5-4-9-15(2)11-13/h12-13H,4-11,14H2,1-3H3. The number of nitrogens with zero attached hydrogens (tertiary/aromatic N) is 2. The molecule has 3 heteroatoms. The second-order valence-corrected chi connectivity index (χ2v) is 5.47. The van der Waals surface area contributed by atoms with Crippen LogP contribution in [0, 0.1) is 5.92 Å². The van der Waals surface area contributed by atoms with Gasteiger partial charge in [-0.25, -0.2) is 0 Å². The van der Waals surface area contributed by atoms with Gasteiger partial charge in [0.25, 0.3) is 0 Å². The molecule has 2 N–H and O–H groups in total. The van der Waals surface area contributed by atoms with Gasteiger partial charge in [-0.2, -0.15) is 0 Å². The molecule has 2 atom stereocenters. The van der Waals surface area contributed by atoms with E-state index in [-0.39, 0.29) is 0 Å². The molecule has 1 heterocycles. The Kier molecular flexibility index (Phi) is 6.32. The van der Waals surface area contributed by atoms with E-state index in [1.807, 2.05) is 0 Å². The van der Waals surface area contributed by atoms with Gasteiger partial charge in [-0.15, -0.1) is 0 Å². The third-order valence-corrected chi connectivity index (χ3v) is 3.95. The molecule has 0 aromatic rings. The topological polar surface area (TPSA) is 32.5 Å². The van der Waals surface area contributed by atoms with Gasteiger partial charge < -0.3 is 15.5 Å². The Hall–Kier alpha value is -0.120. The average Bonchev–Trinajstić information content (AvgIpc) is 2.26. The highest BCUT2D eigenvalue weighted by atomic mass is 15.1. The smallest absolute Gasteiger partial charge is 0.00758 e. The van der Waals surface area contributed by atoms with E-state index < -0.39 is 0 Å². The molecule has 0 saturated carbocycles. The van der Waals surface area contributed by atoms with Crippen molar-refractivity contribution in [1.82, 2.24) is 9.80 Å². The first-order chi connectivity index (χ1) is 7.63. The molecule has 0 spiro atoms. The fraction of sp³-hybridized carbons (Fsp3) is 1.00. The summed E-state index contributed by atoms with van der Waals surface area (Å²) >= 11 is 0. The Morgan fingerprint density at radius 2 is 2.25 bits per heavy atom. The highest BCUT2D eigenvalue weighted by molar-refractivity contribution is 4.73. The van der Waals surface area contributed by atoms with Crippen LogP contribution in [0.4, 0.5) is 0 Å². The van der Waals surface area contributed by atoms with Crippen molar-refractivity contribution in [2.24, 2.45) is 11.7 Å². The van der Waals surface area contributed by atoms with E-state index in [0.717, 1.165) is 18.9 Å². The van der Waals surface area contributed by atoms with E-state index in [1.165, 1.54) is 38.9 Å². The molecule has 16 heavy (non-hydrogen) atoms. The Bertz CT molecular complexity index is 184. The zero-order valence-electron chi connectivity index (χ0n) is 11.3. The average molecular weight is 227 g/mol. The number of likely N-dealkylation sites (tertiary alicyclic amines) is 1. The van der Waals surface area contributed by atoms with E-state index >= 15 is 0 Å². The summed E-state index contributed by atoms with van der Waals surface area (Å²) in [6.45, 7) is 6.88. The van der Waals surface area contributed by atoms with Crippen LogP contribution in [0.5, 0.6) is 0 Å². The Balaban J connectivity index is 2.17. The minimum absolute atomic E-state index is 0.631. The predicted octanol–water partition coefficient (Wildman–Crippen LogP) is 1.39. The van der Waals surface area contributed by atoms with Crippen molar-refractivity contribution in [2.75, 3.05) is 40.3 Å². The molecule has 96 valence electrons. The van der Waals surface area contributed by atoms with Crippen molar-refractivity contribution in [3.05, 3.63) is 0 Å². The van der Waals surface area contributed by atoms with Gasteiger partial charge in [-0.3, -0.25) is 0 Å². The van der Waals surface area contributed by atoms with Crippen LogP contribution in [0.25, 0.3) is 0 Å². The molecule has 1 aliphatic heterocycles. The summed E-state index contributed by atoms with van der Waals surface area (Å²) in [7, 11) is 4.47. The second-order valence-electron chi connectivity index (χ2n) is 5.47. The third kappa shape index (κ3) is 4.81. The molecule has 0 aliphatic carbocycles. The Morgan fingerprint density at radius 3 is 2.88 bits per heavy atom. The van der Waals surface area contributed by atoms with E-state index in [4.69, 9.17) is 5.73 Å². The molecule has 0 aromatic heterocycles. The second kappa shape index (κ2) is 7.25. The summed E-state index contributed by atoms with van der Waals surface area (Å²) < 4.78 is 0. The van der Waals surface area contributed by atoms with Crippen LogP contribution in [0.15, 0.2) is 0 Å². The number of hydrogen-bond donors (Lipinski definition) is 1. The van der Waals surface area contributed by atoms with E-state index in [1.54, 1.807) is 0 Å². The Labute approximate surface area is 101 Å². The minimum Gasteiger partial charge on any atom is -0.330 e. The molecule has 0 amide bonds. The van der Waals surface area contributed by atoms with Crippen molar-refractivity contribution in [1.29, 1.82) is 0 Å². The maximum absolute atomic E-state index is 5.59. The maximum Gasteiger partial charge on any atom is 0.00758 e. The highest BCUT2D eigenvalue weighted by Gasteiger charge is 2.18. The van der Waals surface area contributed by atoms with Gasteiger partial charge in [0.2, 0.25) is 0 Å². The molecule has 0 aromatic carbocycles. The summed E-state index contributed by atoms with van der Waals surface area (Å²) in [6.07, 6.45) is 5.25. The van der Waals surface area contributed by atoms with Gasteiger partial charge >= 0.3 is 0 Å². The summed E-state index contributed by atoms with van der Waals surface area (Å²) in [5.41, 5.74) is 5.59. The number of piperidine rings is 1. The lowest BCUT2D eigenvalue weighted by molar-refractivity contribution is 0.171. The van der Waals surface area contributed by atoms with Crippen molar-refractivity contribution in [3.8, 4) is 0 Å². The van der Waals surface area contributed by atoms with Crippen molar-refractivity contribution < 1.29 is 0 Å².